The molecule has 1 heterocycles. The summed E-state index contributed by atoms with van der Waals surface area (Å²) in [5.74, 6) is 0.375. The molecule has 3 N–H and O–H groups in total. The summed E-state index contributed by atoms with van der Waals surface area (Å²) in [4.78, 5) is 11.7. The van der Waals surface area contributed by atoms with E-state index in [2.05, 4.69) is 39.5 Å². The molecule has 2 rings (SSSR count). The van der Waals surface area contributed by atoms with Gasteiger partial charge in [-0.2, -0.15) is 0 Å². The van der Waals surface area contributed by atoms with E-state index in [1.807, 2.05) is 24.3 Å². The van der Waals surface area contributed by atoms with E-state index in [1.54, 1.807) is 6.07 Å². The lowest BCUT2D eigenvalue weighted by Crippen LogP contribution is -2.20. The average molecular weight is 274 g/mol. The molecule has 2 amide bonds. The van der Waals surface area contributed by atoms with Crippen molar-refractivity contribution in [1.29, 1.82) is 0 Å². The van der Waals surface area contributed by atoms with E-state index in [1.165, 1.54) is 11.8 Å². The van der Waals surface area contributed by atoms with E-state index >= 15 is 0 Å². The Morgan fingerprint density at radius 3 is 2.60 bits per heavy atom. The maximum absolute atomic E-state index is 11.7. The highest BCUT2D eigenvalue weighted by Crippen LogP contribution is 2.16. The van der Waals surface area contributed by atoms with E-state index in [9.17, 15) is 4.79 Å². The van der Waals surface area contributed by atoms with Gasteiger partial charge in [0.15, 0.2) is 5.82 Å². The third kappa shape index (κ3) is 3.83. The van der Waals surface area contributed by atoms with Crippen LogP contribution in [0.4, 0.5) is 16.3 Å². The Bertz CT molecular complexity index is 537. The van der Waals surface area contributed by atoms with Gasteiger partial charge >= 0.3 is 6.03 Å². The molecule has 20 heavy (non-hydrogen) atoms. The number of nitrogens with one attached hydrogen (secondary N) is 3. The highest BCUT2D eigenvalue weighted by molar-refractivity contribution is 5.99. The topological polar surface area (TPSA) is 79.2 Å². The van der Waals surface area contributed by atoms with Crippen LogP contribution in [0.1, 0.15) is 25.5 Å². The van der Waals surface area contributed by atoms with Gasteiger partial charge in [-0.25, -0.2) is 4.79 Å². The zero-order chi connectivity index (χ0) is 14.4. The Morgan fingerprint density at radius 1 is 1.25 bits per heavy atom. The molecule has 0 aliphatic rings. The van der Waals surface area contributed by atoms with Gasteiger partial charge in [0.2, 0.25) is 0 Å². The molecule has 1 aromatic heterocycles. The summed E-state index contributed by atoms with van der Waals surface area (Å²) in [6, 6.07) is 9.21. The number of hydrogen-bond donors (Lipinski definition) is 3. The molecule has 0 saturated heterocycles. The van der Waals surface area contributed by atoms with Crippen molar-refractivity contribution < 1.29 is 9.32 Å². The number of aromatic nitrogens is 1. The molecule has 2 aromatic rings. The maximum Gasteiger partial charge on any atom is 0.324 e. The lowest BCUT2D eigenvalue weighted by molar-refractivity contribution is 0.262. The van der Waals surface area contributed by atoms with Gasteiger partial charge in [-0.15, -0.1) is 0 Å². The Balaban J connectivity index is 1.91. The van der Waals surface area contributed by atoms with Crippen molar-refractivity contribution >= 4 is 17.5 Å². The third-order valence-electron chi connectivity index (χ3n) is 2.86. The second kappa shape index (κ2) is 6.72. The smallest absolute Gasteiger partial charge is 0.324 e. The summed E-state index contributed by atoms with van der Waals surface area (Å²) in [6.45, 7) is 5.09. The third-order valence-corrected chi connectivity index (χ3v) is 2.86. The van der Waals surface area contributed by atoms with E-state index in [4.69, 9.17) is 0 Å². The molecule has 0 radical (unpaired) electrons. The number of nitrogens with zero attached hydrogens (tertiary/aromatic N) is 1. The van der Waals surface area contributed by atoms with E-state index < -0.39 is 0 Å². The van der Waals surface area contributed by atoms with E-state index in [0.29, 0.717) is 5.82 Å². The Morgan fingerprint density at radius 2 is 2.00 bits per heavy atom. The fourth-order valence-electron chi connectivity index (χ4n) is 1.83. The Hall–Kier alpha value is -2.34. The van der Waals surface area contributed by atoms with E-state index in [0.717, 1.165) is 12.2 Å². The van der Waals surface area contributed by atoms with Gasteiger partial charge in [0.25, 0.3) is 0 Å². The van der Waals surface area contributed by atoms with Crippen LogP contribution in [-0.4, -0.2) is 17.7 Å². The molecule has 1 unspecified atom stereocenters. The van der Waals surface area contributed by atoms with E-state index in [-0.39, 0.29) is 12.1 Å². The zero-order valence-corrected chi connectivity index (χ0v) is 11.5. The van der Waals surface area contributed by atoms with Gasteiger partial charge in [0.1, 0.15) is 6.26 Å². The van der Waals surface area contributed by atoms with Gasteiger partial charge in [-0.3, -0.25) is 5.32 Å². The summed E-state index contributed by atoms with van der Waals surface area (Å²) in [7, 11) is 0. The Labute approximate surface area is 117 Å². The molecular weight excluding hydrogens is 256 g/mol. The van der Waals surface area contributed by atoms with Crippen LogP contribution in [0.2, 0.25) is 0 Å². The van der Waals surface area contributed by atoms with Crippen molar-refractivity contribution in [2.24, 2.45) is 0 Å². The molecule has 6 heteroatoms. The van der Waals surface area contributed by atoms with Crippen LogP contribution in [-0.2, 0) is 0 Å². The number of benzene rings is 1. The van der Waals surface area contributed by atoms with Gasteiger partial charge in [0.05, 0.1) is 0 Å². The van der Waals surface area contributed by atoms with Crippen LogP contribution >= 0.6 is 0 Å². The summed E-state index contributed by atoms with van der Waals surface area (Å²) >= 11 is 0. The van der Waals surface area contributed by atoms with Crippen molar-refractivity contribution in [2.45, 2.75) is 19.9 Å². The van der Waals surface area contributed by atoms with Crippen LogP contribution in [0.3, 0.4) is 0 Å². The summed E-state index contributed by atoms with van der Waals surface area (Å²) in [6.07, 6.45) is 1.40. The molecular formula is C14H18N4O2. The minimum absolute atomic E-state index is 0.290. The number of rotatable bonds is 5. The minimum Gasteiger partial charge on any atom is -0.363 e. The summed E-state index contributed by atoms with van der Waals surface area (Å²) in [5.41, 5.74) is 1.90. The predicted octanol–water partition coefficient (Wildman–Crippen LogP) is 2.99. The average Bonchev–Trinajstić information content (AvgIpc) is 2.92. The molecule has 1 aromatic carbocycles. The van der Waals surface area contributed by atoms with Crippen LogP contribution < -0.4 is 16.0 Å². The standard InChI is InChI=1S/C14H18N4O2/c1-3-15-10(2)11-4-6-12(7-5-11)16-14(19)17-13-8-9-20-18-13/h4-10,15H,3H2,1-2H3,(H2,16,17,18,19). The van der Waals surface area contributed by atoms with Crippen molar-refractivity contribution in [3.8, 4) is 0 Å². The first kappa shape index (κ1) is 14.1. The lowest BCUT2D eigenvalue weighted by Gasteiger charge is -2.13. The van der Waals surface area contributed by atoms with Gasteiger partial charge < -0.3 is 15.2 Å². The molecule has 6 nitrogen and oxygen atoms in total. The fraction of sp³-hybridized carbons (Fsp3) is 0.286. The predicted molar refractivity (Wildman–Crippen MR) is 77.7 cm³/mol. The number of carbonyl (C=O) groups is 1. The highest BCUT2D eigenvalue weighted by atomic mass is 16.5. The lowest BCUT2D eigenvalue weighted by atomic mass is 10.1. The van der Waals surface area contributed by atoms with Gasteiger partial charge in [-0.1, -0.05) is 24.2 Å². The molecule has 1 atom stereocenters. The van der Waals surface area contributed by atoms with Crippen LogP contribution in [0.5, 0.6) is 0 Å². The number of hydrogen-bond acceptors (Lipinski definition) is 4. The molecule has 0 aliphatic carbocycles. The monoisotopic (exact) mass is 274 g/mol. The summed E-state index contributed by atoms with van der Waals surface area (Å²) < 4.78 is 4.63. The van der Waals surface area contributed by atoms with Crippen LogP contribution in [0.15, 0.2) is 41.1 Å². The number of urea groups is 1. The second-order valence-corrected chi connectivity index (χ2v) is 4.37. The largest absolute Gasteiger partial charge is 0.363 e. The maximum atomic E-state index is 11.7. The first-order chi connectivity index (χ1) is 9.69. The summed E-state index contributed by atoms with van der Waals surface area (Å²) in [5, 5.41) is 12.2. The minimum atomic E-state index is -0.355. The first-order valence-electron chi connectivity index (χ1n) is 6.50. The van der Waals surface area contributed by atoms with Crippen LogP contribution in [0, 0.1) is 0 Å². The second-order valence-electron chi connectivity index (χ2n) is 4.37. The fourth-order valence-corrected chi connectivity index (χ4v) is 1.83. The van der Waals surface area contributed by atoms with Crippen LogP contribution in [0.25, 0.3) is 0 Å². The first-order valence-corrected chi connectivity index (χ1v) is 6.50. The van der Waals surface area contributed by atoms with Crippen molar-refractivity contribution in [3.63, 3.8) is 0 Å². The normalized spacial score (nSPS) is 11.9. The van der Waals surface area contributed by atoms with Crippen molar-refractivity contribution in [1.82, 2.24) is 10.5 Å². The molecule has 0 fully saturated rings. The number of anilines is 2. The molecule has 0 aliphatic heterocycles. The molecule has 0 saturated carbocycles. The zero-order valence-electron chi connectivity index (χ0n) is 11.5. The molecule has 0 spiro atoms. The Kier molecular flexibility index (Phi) is 4.73. The van der Waals surface area contributed by atoms with Crippen molar-refractivity contribution in [3.05, 3.63) is 42.2 Å². The van der Waals surface area contributed by atoms with Crippen molar-refractivity contribution in [2.75, 3.05) is 17.2 Å². The van der Waals surface area contributed by atoms with Gasteiger partial charge in [-0.05, 0) is 31.2 Å². The highest BCUT2D eigenvalue weighted by Gasteiger charge is 2.06. The molecule has 106 valence electrons. The quantitative estimate of drug-likeness (QED) is 0.783. The SMILES string of the molecule is CCNC(C)c1ccc(NC(=O)Nc2ccon2)cc1. The number of amides is 2. The number of carbonyl (C=O) groups excluding carboxylic acids is 1. The molecule has 0 bridgehead atoms. The van der Waals surface area contributed by atoms with Gasteiger partial charge in [0, 0.05) is 17.8 Å².